The van der Waals surface area contributed by atoms with Gasteiger partial charge in [0.2, 0.25) is 0 Å². The maximum Gasteiger partial charge on any atom is 0.149 e. The number of carbonyl (C=O) groups is 1. The van der Waals surface area contributed by atoms with E-state index >= 15 is 0 Å². The van der Waals surface area contributed by atoms with E-state index in [4.69, 9.17) is 16.3 Å². The number of aryl methyl sites for hydroxylation is 1. The van der Waals surface area contributed by atoms with E-state index < -0.39 is 5.82 Å². The number of ether oxygens (including phenoxy) is 1. The number of halogens is 2. The van der Waals surface area contributed by atoms with Crippen molar-refractivity contribution in [1.82, 2.24) is 10.3 Å². The molecule has 0 bridgehead atoms. The highest BCUT2D eigenvalue weighted by Crippen LogP contribution is 2.33. The third-order valence-corrected chi connectivity index (χ3v) is 4.75. The molecule has 0 aliphatic rings. The lowest BCUT2D eigenvalue weighted by atomic mass is 10.1. The quantitative estimate of drug-likeness (QED) is 0.296. The molecule has 30 heavy (non-hydrogen) atoms. The van der Waals surface area contributed by atoms with Crippen molar-refractivity contribution in [2.24, 2.45) is 0 Å². The van der Waals surface area contributed by atoms with E-state index in [0.29, 0.717) is 28.9 Å². The summed E-state index contributed by atoms with van der Waals surface area (Å²) in [5, 5.41) is 3.06. The Hall–Kier alpha value is -3.44. The van der Waals surface area contributed by atoms with Gasteiger partial charge in [-0.15, -0.1) is 0 Å². The van der Waals surface area contributed by atoms with Crippen molar-refractivity contribution in [3.63, 3.8) is 0 Å². The lowest BCUT2D eigenvalue weighted by molar-refractivity contribution is -0.104. The molecule has 0 saturated heterocycles. The fourth-order valence-corrected chi connectivity index (χ4v) is 3.05. The topological polar surface area (TPSA) is 51.2 Å². The van der Waals surface area contributed by atoms with Crippen LogP contribution in [-0.4, -0.2) is 18.3 Å². The highest BCUT2D eigenvalue weighted by molar-refractivity contribution is 6.32. The molecule has 2 aromatic carbocycles. The first-order chi connectivity index (χ1) is 14.5. The summed E-state index contributed by atoms with van der Waals surface area (Å²) in [6.45, 7) is 1.63. The number of pyridine rings is 1. The lowest BCUT2D eigenvalue weighted by Crippen LogP contribution is -2.05. The molecule has 1 heterocycles. The third kappa shape index (κ3) is 4.93. The Kier molecular flexibility index (Phi) is 6.99. The summed E-state index contributed by atoms with van der Waals surface area (Å²) < 4.78 is 19.6. The second kappa shape index (κ2) is 9.85. The number of benzene rings is 2. The molecule has 3 aromatic rings. The SMILES string of the molecule is CN/C(=C\C(=C/C=O)c1ccc(Oc2ccc(C)c(F)c2Cl)cn1)c1ccccc1. The van der Waals surface area contributed by atoms with Crippen LogP contribution in [0.5, 0.6) is 11.5 Å². The maximum absolute atomic E-state index is 14.0. The standard InChI is InChI=1S/C24H20ClFN2O2/c1-16-8-11-22(23(25)24(16)26)30-19-9-10-20(28-15-19)18(12-13-29)14-21(27-2)17-6-4-3-5-7-17/h3-15,27H,1-2H3/b18-12+,21-14-. The Morgan fingerprint density at radius 1 is 1.13 bits per heavy atom. The van der Waals surface area contributed by atoms with Crippen LogP contribution in [0.2, 0.25) is 5.02 Å². The predicted molar refractivity (Wildman–Crippen MR) is 118 cm³/mol. The van der Waals surface area contributed by atoms with Gasteiger partial charge in [0, 0.05) is 18.3 Å². The number of hydrogen-bond donors (Lipinski definition) is 1. The van der Waals surface area contributed by atoms with Gasteiger partial charge in [-0.3, -0.25) is 9.78 Å². The molecular weight excluding hydrogens is 403 g/mol. The highest BCUT2D eigenvalue weighted by atomic mass is 35.5. The van der Waals surface area contributed by atoms with E-state index in [1.165, 1.54) is 12.3 Å². The van der Waals surface area contributed by atoms with Gasteiger partial charge in [-0.25, -0.2) is 4.39 Å². The Bertz CT molecular complexity index is 1090. The van der Waals surface area contributed by atoms with Gasteiger partial charge in [0.05, 0.1) is 11.9 Å². The monoisotopic (exact) mass is 422 g/mol. The van der Waals surface area contributed by atoms with Gasteiger partial charge < -0.3 is 10.1 Å². The summed E-state index contributed by atoms with van der Waals surface area (Å²) in [6, 6.07) is 16.4. The van der Waals surface area contributed by atoms with Gasteiger partial charge >= 0.3 is 0 Å². The molecule has 1 aromatic heterocycles. The molecule has 0 aliphatic carbocycles. The molecule has 0 fully saturated rings. The molecule has 0 atom stereocenters. The highest BCUT2D eigenvalue weighted by Gasteiger charge is 2.12. The number of carbonyl (C=O) groups excluding carboxylic acids is 1. The summed E-state index contributed by atoms with van der Waals surface area (Å²) in [5.74, 6) is 0.0928. The molecule has 152 valence electrons. The van der Waals surface area contributed by atoms with Crippen LogP contribution in [0.3, 0.4) is 0 Å². The summed E-state index contributed by atoms with van der Waals surface area (Å²) >= 11 is 6.02. The van der Waals surface area contributed by atoms with E-state index in [0.717, 1.165) is 11.3 Å². The zero-order valence-corrected chi connectivity index (χ0v) is 17.3. The van der Waals surface area contributed by atoms with E-state index in [9.17, 15) is 9.18 Å². The molecule has 0 aliphatic heterocycles. The van der Waals surface area contributed by atoms with E-state index in [-0.39, 0.29) is 10.8 Å². The van der Waals surface area contributed by atoms with Gasteiger partial charge in [-0.05, 0) is 48.4 Å². The predicted octanol–water partition coefficient (Wildman–Crippen LogP) is 5.82. The zero-order valence-electron chi connectivity index (χ0n) is 16.5. The first-order valence-corrected chi connectivity index (χ1v) is 9.60. The number of nitrogens with zero attached hydrogens (tertiary/aromatic N) is 1. The maximum atomic E-state index is 14.0. The minimum absolute atomic E-state index is 0.0786. The molecule has 0 amide bonds. The van der Waals surface area contributed by atoms with Crippen molar-refractivity contribution < 1.29 is 13.9 Å². The van der Waals surface area contributed by atoms with Crippen molar-refractivity contribution in [1.29, 1.82) is 0 Å². The summed E-state index contributed by atoms with van der Waals surface area (Å²) in [7, 11) is 1.81. The Balaban J connectivity index is 1.87. The van der Waals surface area contributed by atoms with Crippen LogP contribution in [0.15, 0.2) is 72.9 Å². The number of nitrogens with one attached hydrogen (secondary N) is 1. The largest absolute Gasteiger partial charge is 0.454 e. The van der Waals surface area contributed by atoms with Crippen LogP contribution in [0.25, 0.3) is 11.3 Å². The molecule has 0 spiro atoms. The first kappa shape index (κ1) is 21.3. The number of aldehydes is 1. The smallest absolute Gasteiger partial charge is 0.149 e. The van der Waals surface area contributed by atoms with Crippen molar-refractivity contribution in [2.75, 3.05) is 7.05 Å². The average molecular weight is 423 g/mol. The van der Waals surface area contributed by atoms with Crippen LogP contribution < -0.4 is 10.1 Å². The molecule has 4 nitrogen and oxygen atoms in total. The third-order valence-electron chi connectivity index (χ3n) is 4.40. The van der Waals surface area contributed by atoms with E-state index in [1.54, 1.807) is 31.2 Å². The number of rotatable bonds is 7. The molecule has 0 radical (unpaired) electrons. The molecular formula is C24H20ClFN2O2. The lowest BCUT2D eigenvalue weighted by Gasteiger charge is -2.11. The fraction of sp³-hybridized carbons (Fsp3) is 0.0833. The molecule has 6 heteroatoms. The summed E-state index contributed by atoms with van der Waals surface area (Å²) in [4.78, 5) is 15.6. The van der Waals surface area contributed by atoms with Crippen molar-refractivity contribution in [2.45, 2.75) is 6.92 Å². The second-order valence-corrected chi connectivity index (χ2v) is 6.80. The summed E-state index contributed by atoms with van der Waals surface area (Å²) in [6.07, 6.45) is 5.50. The van der Waals surface area contributed by atoms with Crippen molar-refractivity contribution in [3.8, 4) is 11.5 Å². The summed E-state index contributed by atoms with van der Waals surface area (Å²) in [5.41, 5.74) is 3.47. The van der Waals surface area contributed by atoms with Gasteiger partial charge in [0.25, 0.3) is 0 Å². The normalized spacial score (nSPS) is 11.9. The molecule has 1 N–H and O–H groups in total. The Morgan fingerprint density at radius 2 is 1.90 bits per heavy atom. The number of hydrogen-bond acceptors (Lipinski definition) is 4. The van der Waals surface area contributed by atoms with Crippen LogP contribution in [-0.2, 0) is 4.79 Å². The average Bonchev–Trinajstić information content (AvgIpc) is 2.78. The van der Waals surface area contributed by atoms with Crippen molar-refractivity contribution >= 4 is 29.2 Å². The minimum atomic E-state index is -0.513. The van der Waals surface area contributed by atoms with Crippen LogP contribution in [0.1, 0.15) is 16.8 Å². The van der Waals surface area contributed by atoms with Gasteiger partial charge in [-0.1, -0.05) is 48.0 Å². The van der Waals surface area contributed by atoms with E-state index in [1.807, 2.05) is 43.5 Å². The number of allylic oxidation sites excluding steroid dienone is 3. The zero-order chi connectivity index (χ0) is 21.5. The molecule has 3 rings (SSSR count). The van der Waals surface area contributed by atoms with Gasteiger partial charge in [0.15, 0.2) is 0 Å². The fourth-order valence-electron chi connectivity index (χ4n) is 2.80. The number of aromatic nitrogens is 1. The minimum Gasteiger partial charge on any atom is -0.454 e. The second-order valence-electron chi connectivity index (χ2n) is 6.42. The van der Waals surface area contributed by atoms with E-state index in [2.05, 4.69) is 10.3 Å². The van der Waals surface area contributed by atoms with Crippen LogP contribution in [0, 0.1) is 12.7 Å². The van der Waals surface area contributed by atoms with Crippen LogP contribution in [0.4, 0.5) is 4.39 Å². The van der Waals surface area contributed by atoms with Crippen molar-refractivity contribution in [3.05, 3.63) is 101 Å². The van der Waals surface area contributed by atoms with Crippen LogP contribution >= 0.6 is 11.6 Å². The molecule has 0 saturated carbocycles. The Morgan fingerprint density at radius 3 is 2.53 bits per heavy atom. The van der Waals surface area contributed by atoms with Gasteiger partial charge in [0.1, 0.15) is 28.6 Å². The molecule has 0 unspecified atom stereocenters. The first-order valence-electron chi connectivity index (χ1n) is 9.22. The van der Waals surface area contributed by atoms with Gasteiger partial charge in [-0.2, -0.15) is 0 Å². The Labute approximate surface area is 179 Å².